The minimum atomic E-state index is -4.05. The van der Waals surface area contributed by atoms with Crippen LogP contribution in [0.3, 0.4) is 0 Å². The quantitative estimate of drug-likeness (QED) is 0.738. The molecule has 3 rings (SSSR count). The Kier molecular flexibility index (Phi) is 4.75. The Hall–Kier alpha value is -2.78. The third kappa shape index (κ3) is 3.44. The monoisotopic (exact) mass is 379 g/mol. The fourth-order valence-electron chi connectivity index (χ4n) is 2.54. The molecule has 0 aliphatic heterocycles. The van der Waals surface area contributed by atoms with Gasteiger partial charge in [0.25, 0.3) is 6.43 Å². The first-order valence-corrected chi connectivity index (χ1v) is 9.00. The molecule has 2 N–H and O–H groups in total. The zero-order valence-corrected chi connectivity index (χ0v) is 14.5. The Bertz CT molecular complexity index is 1030. The fourth-order valence-corrected chi connectivity index (χ4v) is 3.29. The largest absolute Gasteiger partial charge is 0.497 e. The lowest BCUT2D eigenvalue weighted by Gasteiger charge is -2.11. The molecule has 1 heterocycles. The highest BCUT2D eigenvalue weighted by Crippen LogP contribution is 2.32. The number of alkyl halides is 2. The van der Waals surface area contributed by atoms with E-state index in [9.17, 15) is 17.2 Å². The number of methoxy groups -OCH3 is 1. The number of benzene rings is 2. The molecule has 0 spiro atoms. The number of nitrogens with zero attached hydrogens (tertiary/aromatic N) is 2. The Morgan fingerprint density at radius 3 is 2.35 bits per heavy atom. The minimum Gasteiger partial charge on any atom is -0.497 e. The van der Waals surface area contributed by atoms with Crippen molar-refractivity contribution in [2.24, 2.45) is 5.14 Å². The van der Waals surface area contributed by atoms with Gasteiger partial charge in [-0.05, 0) is 36.4 Å². The summed E-state index contributed by atoms with van der Waals surface area (Å²) in [5, 5.41) is 9.19. The predicted molar refractivity (Wildman–Crippen MR) is 91.9 cm³/mol. The standard InChI is InChI=1S/C17H15F2N3O3S/c1-25-12-8-6-11(7-9-12)22-15(10-14(21-22)17(18)19)13-4-2-3-5-16(13)26(20,23)24/h2-10,17H,1H3,(H2,20,23,24). The van der Waals surface area contributed by atoms with Gasteiger partial charge in [0.2, 0.25) is 10.0 Å². The van der Waals surface area contributed by atoms with Crippen LogP contribution in [-0.2, 0) is 10.0 Å². The number of nitrogens with two attached hydrogens (primary N) is 1. The van der Waals surface area contributed by atoms with Crippen molar-refractivity contribution in [3.05, 3.63) is 60.3 Å². The van der Waals surface area contributed by atoms with E-state index in [0.717, 1.165) is 6.07 Å². The maximum atomic E-state index is 13.2. The smallest absolute Gasteiger partial charge is 0.282 e. The summed E-state index contributed by atoms with van der Waals surface area (Å²) < 4.78 is 56.5. The molecule has 0 fully saturated rings. The number of aromatic nitrogens is 2. The van der Waals surface area contributed by atoms with Crippen molar-refractivity contribution in [1.82, 2.24) is 9.78 Å². The second-order valence-corrected chi connectivity index (χ2v) is 6.94. The first kappa shape index (κ1) is 18.0. The van der Waals surface area contributed by atoms with E-state index in [1.54, 1.807) is 30.3 Å². The van der Waals surface area contributed by atoms with E-state index in [0.29, 0.717) is 11.4 Å². The predicted octanol–water partition coefficient (Wildman–Crippen LogP) is 3.13. The molecule has 3 aromatic rings. The molecule has 0 bridgehead atoms. The van der Waals surface area contributed by atoms with Crippen LogP contribution in [0.1, 0.15) is 12.1 Å². The second-order valence-electron chi connectivity index (χ2n) is 5.41. The molecule has 9 heteroatoms. The zero-order chi connectivity index (χ0) is 18.9. The van der Waals surface area contributed by atoms with Crippen LogP contribution in [0, 0.1) is 0 Å². The number of primary sulfonamides is 1. The summed E-state index contributed by atoms with van der Waals surface area (Å²) in [5.41, 5.74) is 0.372. The van der Waals surface area contributed by atoms with Gasteiger partial charge in [-0.25, -0.2) is 27.0 Å². The highest BCUT2D eigenvalue weighted by molar-refractivity contribution is 7.89. The lowest BCUT2D eigenvalue weighted by molar-refractivity contribution is 0.145. The van der Waals surface area contributed by atoms with E-state index >= 15 is 0 Å². The third-order valence-corrected chi connectivity index (χ3v) is 4.71. The van der Waals surface area contributed by atoms with E-state index in [1.807, 2.05) is 0 Å². The van der Waals surface area contributed by atoms with Crippen LogP contribution in [0.15, 0.2) is 59.5 Å². The number of hydrogen-bond donors (Lipinski definition) is 1. The molecule has 0 unspecified atom stereocenters. The van der Waals surface area contributed by atoms with Crippen molar-refractivity contribution >= 4 is 10.0 Å². The molecule has 1 aromatic heterocycles. The molecule has 0 atom stereocenters. The second kappa shape index (κ2) is 6.85. The minimum absolute atomic E-state index is 0.171. The number of rotatable bonds is 5. The average Bonchev–Trinajstić information content (AvgIpc) is 3.06. The van der Waals surface area contributed by atoms with Gasteiger partial charge in [-0.15, -0.1) is 0 Å². The van der Waals surface area contributed by atoms with Gasteiger partial charge in [0.15, 0.2) is 0 Å². The average molecular weight is 379 g/mol. The van der Waals surface area contributed by atoms with Crippen LogP contribution in [0.2, 0.25) is 0 Å². The number of sulfonamides is 1. The molecule has 0 aliphatic carbocycles. The van der Waals surface area contributed by atoms with Gasteiger partial charge in [0.05, 0.1) is 23.4 Å². The lowest BCUT2D eigenvalue weighted by Crippen LogP contribution is -2.14. The third-order valence-electron chi connectivity index (χ3n) is 3.74. The molecule has 26 heavy (non-hydrogen) atoms. The van der Waals surface area contributed by atoms with Gasteiger partial charge in [-0.2, -0.15) is 5.10 Å². The summed E-state index contributed by atoms with van der Waals surface area (Å²) in [6, 6.07) is 13.6. The van der Waals surface area contributed by atoms with Crippen LogP contribution in [0.5, 0.6) is 5.75 Å². The zero-order valence-electron chi connectivity index (χ0n) is 13.6. The highest BCUT2D eigenvalue weighted by atomic mass is 32.2. The van der Waals surface area contributed by atoms with Gasteiger partial charge >= 0.3 is 0 Å². The summed E-state index contributed by atoms with van der Waals surface area (Å²) in [5.74, 6) is 0.585. The lowest BCUT2D eigenvalue weighted by atomic mass is 10.1. The summed E-state index contributed by atoms with van der Waals surface area (Å²) in [6.45, 7) is 0. The van der Waals surface area contributed by atoms with E-state index in [2.05, 4.69) is 5.10 Å². The summed E-state index contributed by atoms with van der Waals surface area (Å²) >= 11 is 0. The molecule has 0 saturated carbocycles. The first-order chi connectivity index (χ1) is 12.3. The summed E-state index contributed by atoms with van der Waals surface area (Å²) in [4.78, 5) is -0.171. The fraction of sp³-hybridized carbons (Fsp3) is 0.118. The number of ether oxygens (including phenoxy) is 1. The first-order valence-electron chi connectivity index (χ1n) is 7.46. The van der Waals surface area contributed by atoms with Gasteiger partial charge in [-0.3, -0.25) is 0 Å². The molecule has 136 valence electrons. The van der Waals surface area contributed by atoms with Gasteiger partial charge in [0, 0.05) is 5.56 Å². The van der Waals surface area contributed by atoms with Crippen LogP contribution >= 0.6 is 0 Å². The van der Waals surface area contributed by atoms with Crippen molar-refractivity contribution < 1.29 is 21.9 Å². The van der Waals surface area contributed by atoms with Crippen LogP contribution in [0.25, 0.3) is 16.9 Å². The van der Waals surface area contributed by atoms with E-state index < -0.39 is 22.1 Å². The molecule has 0 saturated heterocycles. The molecule has 0 aliphatic rings. The Morgan fingerprint density at radius 1 is 1.12 bits per heavy atom. The van der Waals surface area contributed by atoms with Crippen LogP contribution < -0.4 is 9.88 Å². The van der Waals surface area contributed by atoms with Crippen molar-refractivity contribution in [2.45, 2.75) is 11.3 Å². The molecular formula is C17H15F2N3O3S. The van der Waals surface area contributed by atoms with Crippen molar-refractivity contribution in [3.63, 3.8) is 0 Å². The van der Waals surface area contributed by atoms with Gasteiger partial charge < -0.3 is 4.74 Å². The molecular weight excluding hydrogens is 364 g/mol. The molecule has 2 aromatic carbocycles. The van der Waals surface area contributed by atoms with E-state index in [4.69, 9.17) is 9.88 Å². The summed E-state index contributed by atoms with van der Waals surface area (Å²) in [7, 11) is -2.55. The molecule has 0 amide bonds. The SMILES string of the molecule is COc1ccc(-n2nc(C(F)F)cc2-c2ccccc2S(N)(=O)=O)cc1. The Morgan fingerprint density at radius 2 is 1.77 bits per heavy atom. The van der Waals surface area contributed by atoms with E-state index in [-0.39, 0.29) is 16.2 Å². The van der Waals surface area contributed by atoms with Crippen LogP contribution in [-0.4, -0.2) is 25.3 Å². The number of halogens is 2. The molecule has 0 radical (unpaired) electrons. The van der Waals surface area contributed by atoms with E-state index in [1.165, 1.54) is 30.0 Å². The Labute approximate surface area is 148 Å². The maximum absolute atomic E-state index is 13.2. The van der Waals surface area contributed by atoms with Gasteiger partial charge in [-0.1, -0.05) is 18.2 Å². The molecule has 6 nitrogen and oxygen atoms in total. The van der Waals surface area contributed by atoms with Crippen molar-refractivity contribution in [3.8, 4) is 22.7 Å². The van der Waals surface area contributed by atoms with Gasteiger partial charge in [0.1, 0.15) is 11.4 Å². The summed E-state index contributed by atoms with van der Waals surface area (Å²) in [6.07, 6.45) is -2.81. The van der Waals surface area contributed by atoms with Crippen molar-refractivity contribution in [2.75, 3.05) is 7.11 Å². The normalized spacial score (nSPS) is 11.7. The number of hydrogen-bond acceptors (Lipinski definition) is 4. The maximum Gasteiger partial charge on any atom is 0.282 e. The van der Waals surface area contributed by atoms with Crippen molar-refractivity contribution in [1.29, 1.82) is 0 Å². The highest BCUT2D eigenvalue weighted by Gasteiger charge is 2.22. The topological polar surface area (TPSA) is 87.2 Å². The van der Waals surface area contributed by atoms with Crippen LogP contribution in [0.4, 0.5) is 8.78 Å². The Balaban J connectivity index is 2.25.